The average Bonchev–Trinajstić information content (AvgIpc) is 3.51. The molecule has 1 fully saturated rings. The molecule has 1 aliphatic heterocycles. The second-order valence-electron chi connectivity index (χ2n) is 7.60. The lowest BCUT2D eigenvalue weighted by atomic mass is 10.1. The third-order valence-electron chi connectivity index (χ3n) is 5.37. The van der Waals surface area contributed by atoms with E-state index in [0.717, 1.165) is 42.9 Å². The summed E-state index contributed by atoms with van der Waals surface area (Å²) in [5, 5.41) is 10.2. The lowest BCUT2D eigenvalue weighted by Crippen LogP contribution is -2.23. The molecule has 0 radical (unpaired) electrons. The van der Waals surface area contributed by atoms with E-state index in [1.807, 2.05) is 23.1 Å². The predicted molar refractivity (Wildman–Crippen MR) is 115 cm³/mol. The van der Waals surface area contributed by atoms with E-state index in [1.54, 1.807) is 6.07 Å². The number of hydrogen-bond donors (Lipinski definition) is 1. The topological polar surface area (TPSA) is 88.8 Å². The van der Waals surface area contributed by atoms with E-state index in [2.05, 4.69) is 25.6 Å². The number of carbonyl (C=O) groups is 1. The summed E-state index contributed by atoms with van der Waals surface area (Å²) in [6.07, 6.45) is -1.40. The fourth-order valence-electron chi connectivity index (χ4n) is 3.79. The number of aromatic nitrogens is 5. The molecule has 168 valence electrons. The molecule has 1 N–H and O–H groups in total. The smallest absolute Gasteiger partial charge is 0.354 e. The number of hydrogen-bond acceptors (Lipinski definition) is 6. The maximum absolute atomic E-state index is 13.3. The summed E-state index contributed by atoms with van der Waals surface area (Å²) in [4.78, 5) is 24.2. The number of halogens is 3. The zero-order valence-electron chi connectivity index (χ0n) is 17.3. The molecule has 1 aliphatic rings. The fraction of sp³-hybridized carbons (Fsp3) is 0.227. The van der Waals surface area contributed by atoms with Gasteiger partial charge < -0.3 is 10.2 Å². The summed E-state index contributed by atoms with van der Waals surface area (Å²) in [5.74, 6) is 0.177. The van der Waals surface area contributed by atoms with Gasteiger partial charge in [-0.3, -0.25) is 4.79 Å². The van der Waals surface area contributed by atoms with Gasteiger partial charge in [-0.2, -0.15) is 13.2 Å². The van der Waals surface area contributed by atoms with Crippen LogP contribution in [0.4, 0.5) is 24.8 Å². The number of benzene rings is 2. The first kappa shape index (κ1) is 20.9. The van der Waals surface area contributed by atoms with Crippen LogP contribution in [0.15, 0.2) is 54.7 Å². The van der Waals surface area contributed by atoms with Gasteiger partial charge in [-0.15, -0.1) is 5.10 Å². The Morgan fingerprint density at radius 3 is 2.33 bits per heavy atom. The van der Waals surface area contributed by atoms with E-state index < -0.39 is 17.6 Å². The Kier molecular flexibility index (Phi) is 5.15. The van der Waals surface area contributed by atoms with E-state index >= 15 is 0 Å². The highest BCUT2D eigenvalue weighted by Crippen LogP contribution is 2.33. The van der Waals surface area contributed by atoms with Crippen LogP contribution >= 0.6 is 0 Å². The van der Waals surface area contributed by atoms with Gasteiger partial charge in [0.1, 0.15) is 0 Å². The molecule has 5 rings (SSSR count). The molecular formula is C22H18F3N7O. The van der Waals surface area contributed by atoms with E-state index in [-0.39, 0.29) is 17.2 Å². The summed E-state index contributed by atoms with van der Waals surface area (Å²) in [5.41, 5.74) is 0.0679. The molecule has 0 unspecified atom stereocenters. The monoisotopic (exact) mass is 453 g/mol. The average molecular weight is 453 g/mol. The molecule has 1 amide bonds. The number of amides is 1. The van der Waals surface area contributed by atoms with E-state index in [1.165, 1.54) is 18.2 Å². The fourth-order valence-corrected chi connectivity index (χ4v) is 3.79. The first-order valence-corrected chi connectivity index (χ1v) is 10.3. The summed E-state index contributed by atoms with van der Waals surface area (Å²) < 4.78 is 41.0. The highest BCUT2D eigenvalue weighted by molar-refractivity contribution is 6.04. The zero-order valence-corrected chi connectivity index (χ0v) is 17.3. The number of nitrogens with zero attached hydrogens (tertiary/aromatic N) is 6. The highest BCUT2D eigenvalue weighted by Gasteiger charge is 2.34. The van der Waals surface area contributed by atoms with Crippen molar-refractivity contribution >= 4 is 28.6 Å². The van der Waals surface area contributed by atoms with Crippen molar-refractivity contribution in [3.63, 3.8) is 0 Å². The molecular weight excluding hydrogens is 435 g/mol. The van der Waals surface area contributed by atoms with Crippen LogP contribution in [0.1, 0.15) is 28.9 Å². The summed E-state index contributed by atoms with van der Waals surface area (Å²) in [6.45, 7) is 1.58. The van der Waals surface area contributed by atoms with Crippen LogP contribution in [0.25, 0.3) is 16.7 Å². The summed E-state index contributed by atoms with van der Waals surface area (Å²) >= 11 is 0. The minimum Gasteiger partial charge on any atom is -0.354 e. The van der Waals surface area contributed by atoms with Crippen LogP contribution in [0.2, 0.25) is 0 Å². The Hall–Kier alpha value is -4.02. The van der Waals surface area contributed by atoms with Crippen LogP contribution in [-0.4, -0.2) is 44.0 Å². The third-order valence-corrected chi connectivity index (χ3v) is 5.37. The van der Waals surface area contributed by atoms with Crippen molar-refractivity contribution in [3.8, 4) is 5.69 Å². The van der Waals surface area contributed by atoms with Gasteiger partial charge in [0.15, 0.2) is 17.3 Å². The Morgan fingerprint density at radius 2 is 1.61 bits per heavy atom. The first-order chi connectivity index (χ1) is 15.9. The summed E-state index contributed by atoms with van der Waals surface area (Å²) in [7, 11) is 0. The molecule has 0 aliphatic carbocycles. The maximum Gasteiger partial charge on any atom is 0.418 e. The van der Waals surface area contributed by atoms with Crippen LogP contribution < -0.4 is 10.2 Å². The van der Waals surface area contributed by atoms with Gasteiger partial charge in [0.05, 0.1) is 28.5 Å². The highest BCUT2D eigenvalue weighted by atomic mass is 19.4. The van der Waals surface area contributed by atoms with Gasteiger partial charge in [0.25, 0.3) is 5.91 Å². The SMILES string of the molecule is O=C(Nc1nc2ccccc2nc1N1CCCC1)c1cn(-c2ccccc2C(F)(F)F)nn1. The molecule has 11 heteroatoms. The number of alkyl halides is 3. The number of fused-ring (bicyclic) bond motifs is 1. The number of carbonyl (C=O) groups excluding carboxylic acids is 1. The third kappa shape index (κ3) is 4.09. The van der Waals surface area contributed by atoms with Gasteiger partial charge in [0.2, 0.25) is 0 Å². The van der Waals surface area contributed by atoms with Crippen molar-refractivity contribution in [3.05, 3.63) is 66.0 Å². The maximum atomic E-state index is 13.3. The Morgan fingerprint density at radius 1 is 0.939 bits per heavy atom. The van der Waals surface area contributed by atoms with Crippen LogP contribution in [-0.2, 0) is 6.18 Å². The molecule has 0 saturated carbocycles. The van der Waals surface area contributed by atoms with Crippen molar-refractivity contribution in [1.29, 1.82) is 0 Å². The van der Waals surface area contributed by atoms with Gasteiger partial charge >= 0.3 is 6.18 Å². The number of rotatable bonds is 4. The van der Waals surface area contributed by atoms with Crippen molar-refractivity contribution < 1.29 is 18.0 Å². The van der Waals surface area contributed by atoms with E-state index in [9.17, 15) is 18.0 Å². The van der Waals surface area contributed by atoms with Crippen LogP contribution in [0, 0.1) is 0 Å². The van der Waals surface area contributed by atoms with Crippen LogP contribution in [0.5, 0.6) is 0 Å². The van der Waals surface area contributed by atoms with Crippen molar-refractivity contribution in [2.75, 3.05) is 23.3 Å². The van der Waals surface area contributed by atoms with Crippen molar-refractivity contribution in [2.24, 2.45) is 0 Å². The summed E-state index contributed by atoms with van der Waals surface area (Å²) in [6, 6.07) is 12.3. The van der Waals surface area contributed by atoms with Crippen molar-refractivity contribution in [2.45, 2.75) is 19.0 Å². The van der Waals surface area contributed by atoms with Gasteiger partial charge in [-0.25, -0.2) is 14.6 Å². The minimum absolute atomic E-state index is 0.144. The second-order valence-corrected chi connectivity index (χ2v) is 7.60. The number of para-hydroxylation sites is 3. The minimum atomic E-state index is -4.57. The van der Waals surface area contributed by atoms with Crippen LogP contribution in [0.3, 0.4) is 0 Å². The lowest BCUT2D eigenvalue weighted by molar-refractivity contribution is -0.137. The quantitative estimate of drug-likeness (QED) is 0.501. The molecule has 0 bridgehead atoms. The number of anilines is 2. The first-order valence-electron chi connectivity index (χ1n) is 10.3. The molecule has 0 atom stereocenters. The van der Waals surface area contributed by atoms with Gasteiger partial charge in [0, 0.05) is 13.1 Å². The molecule has 1 saturated heterocycles. The molecule has 0 spiro atoms. The zero-order chi connectivity index (χ0) is 23.0. The molecule has 33 heavy (non-hydrogen) atoms. The van der Waals surface area contributed by atoms with Gasteiger partial charge in [-0.05, 0) is 37.1 Å². The molecule has 4 aromatic rings. The Balaban J connectivity index is 1.47. The second kappa shape index (κ2) is 8.15. The molecule has 2 aromatic carbocycles. The molecule has 3 heterocycles. The van der Waals surface area contributed by atoms with Crippen molar-refractivity contribution in [1.82, 2.24) is 25.0 Å². The predicted octanol–water partition coefficient (Wildman–Crippen LogP) is 4.08. The Labute approximate surface area is 186 Å². The molecule has 2 aromatic heterocycles. The van der Waals surface area contributed by atoms with E-state index in [0.29, 0.717) is 16.9 Å². The standard InChI is InChI=1S/C22H18F3N7O/c23-22(24,25)14-7-1-4-10-18(14)32-13-17(29-30-32)21(33)28-19-20(31-11-5-6-12-31)27-16-9-3-2-8-15(16)26-19/h1-4,7-10,13H,5-6,11-12H2,(H,26,28,33). The lowest BCUT2D eigenvalue weighted by Gasteiger charge is -2.19. The Bertz CT molecular complexity index is 1330. The van der Waals surface area contributed by atoms with E-state index in [4.69, 9.17) is 0 Å². The molecule has 8 nitrogen and oxygen atoms in total. The van der Waals surface area contributed by atoms with Gasteiger partial charge in [-0.1, -0.05) is 29.5 Å². The largest absolute Gasteiger partial charge is 0.418 e. The number of nitrogens with one attached hydrogen (secondary N) is 1. The normalized spacial score (nSPS) is 14.1.